The minimum atomic E-state index is -0.505. The highest BCUT2D eigenvalue weighted by atomic mass is 16.6. The number of aliphatic hydroxyl groups is 1. The summed E-state index contributed by atoms with van der Waals surface area (Å²) in [6.07, 6.45) is 0.816. The first-order valence-electron chi connectivity index (χ1n) is 6.95. The van der Waals surface area contributed by atoms with Gasteiger partial charge in [-0.2, -0.15) is 0 Å². The van der Waals surface area contributed by atoms with Crippen LogP contribution in [0.5, 0.6) is 0 Å². The Morgan fingerprint density at radius 3 is 2.55 bits per heavy atom. The third-order valence-electron chi connectivity index (χ3n) is 2.78. The van der Waals surface area contributed by atoms with Gasteiger partial charge in [0, 0.05) is 5.69 Å². The second-order valence-corrected chi connectivity index (χ2v) is 6.16. The molecule has 4 nitrogen and oxygen atoms in total. The number of hydrogen-bond acceptors (Lipinski definition) is 3. The molecular weight excluding hydrogens is 254 g/mol. The highest BCUT2D eigenvalue weighted by Crippen LogP contribution is 2.19. The number of rotatable bonds is 4. The van der Waals surface area contributed by atoms with Crippen molar-refractivity contribution in [2.75, 3.05) is 5.32 Å². The molecule has 0 aliphatic heterocycles. The van der Waals surface area contributed by atoms with Gasteiger partial charge in [-0.3, -0.25) is 5.32 Å². The van der Waals surface area contributed by atoms with Crippen LogP contribution in [0.4, 0.5) is 10.5 Å². The molecule has 1 aromatic carbocycles. The molecule has 0 spiro atoms. The van der Waals surface area contributed by atoms with E-state index in [9.17, 15) is 9.90 Å². The molecule has 0 aliphatic rings. The normalized spacial score (nSPS) is 12.9. The summed E-state index contributed by atoms with van der Waals surface area (Å²) in [4.78, 5) is 11.7. The highest BCUT2D eigenvalue weighted by Gasteiger charge is 2.16. The largest absolute Gasteiger partial charge is 0.444 e. The van der Waals surface area contributed by atoms with E-state index in [1.54, 1.807) is 6.92 Å². The van der Waals surface area contributed by atoms with Gasteiger partial charge in [0.2, 0.25) is 0 Å². The van der Waals surface area contributed by atoms with E-state index in [0.717, 1.165) is 29.7 Å². The maximum absolute atomic E-state index is 11.7. The Hall–Kier alpha value is -1.55. The third kappa shape index (κ3) is 6.06. The number of aliphatic hydroxyl groups excluding tert-OH is 1. The van der Waals surface area contributed by atoms with Crippen molar-refractivity contribution in [2.45, 2.75) is 59.2 Å². The highest BCUT2D eigenvalue weighted by molar-refractivity contribution is 5.85. The summed E-state index contributed by atoms with van der Waals surface area (Å²) in [5, 5.41) is 12.0. The summed E-state index contributed by atoms with van der Waals surface area (Å²) in [6.45, 7) is 9.22. The van der Waals surface area contributed by atoms with E-state index in [4.69, 9.17) is 4.74 Å². The third-order valence-corrected chi connectivity index (χ3v) is 2.78. The average Bonchev–Trinajstić information content (AvgIpc) is 2.27. The predicted octanol–water partition coefficient (Wildman–Crippen LogP) is 3.66. The van der Waals surface area contributed by atoms with Crippen molar-refractivity contribution < 1.29 is 14.6 Å². The Labute approximate surface area is 121 Å². The van der Waals surface area contributed by atoms with Crippen LogP contribution < -0.4 is 5.32 Å². The summed E-state index contributed by atoms with van der Waals surface area (Å²) < 4.78 is 5.22. The lowest BCUT2D eigenvalue weighted by Crippen LogP contribution is -2.27. The Balaban J connectivity index is 2.66. The average molecular weight is 279 g/mol. The molecule has 0 unspecified atom stereocenters. The van der Waals surface area contributed by atoms with Crippen LogP contribution in [0.1, 0.15) is 45.2 Å². The second kappa shape index (κ2) is 6.75. The van der Waals surface area contributed by atoms with Gasteiger partial charge in [-0.05, 0) is 64.7 Å². The fourth-order valence-electron chi connectivity index (χ4n) is 1.81. The van der Waals surface area contributed by atoms with Crippen molar-refractivity contribution in [1.29, 1.82) is 0 Å². The van der Waals surface area contributed by atoms with Crippen LogP contribution in [0.3, 0.4) is 0 Å². The minimum absolute atomic E-state index is 0.296. The van der Waals surface area contributed by atoms with Gasteiger partial charge in [-0.25, -0.2) is 4.79 Å². The van der Waals surface area contributed by atoms with E-state index < -0.39 is 11.7 Å². The van der Waals surface area contributed by atoms with Crippen LogP contribution in [0.25, 0.3) is 0 Å². The van der Waals surface area contributed by atoms with Gasteiger partial charge in [0.05, 0.1) is 6.10 Å². The Morgan fingerprint density at radius 1 is 1.40 bits per heavy atom. The van der Waals surface area contributed by atoms with E-state index in [1.165, 1.54) is 0 Å². The zero-order valence-electron chi connectivity index (χ0n) is 13.0. The van der Waals surface area contributed by atoms with E-state index in [1.807, 2.05) is 45.9 Å². The van der Waals surface area contributed by atoms with Gasteiger partial charge >= 0.3 is 6.09 Å². The van der Waals surface area contributed by atoms with Crippen LogP contribution in [0.15, 0.2) is 18.2 Å². The molecule has 0 aromatic heterocycles. The molecule has 1 amide bonds. The fraction of sp³-hybridized carbons (Fsp3) is 0.562. The first-order chi connectivity index (χ1) is 9.17. The Morgan fingerprint density at radius 2 is 2.05 bits per heavy atom. The van der Waals surface area contributed by atoms with Gasteiger partial charge in [0.25, 0.3) is 0 Å². The molecule has 1 aromatic rings. The molecule has 0 heterocycles. The number of ether oxygens (including phenoxy) is 1. The second-order valence-electron chi connectivity index (χ2n) is 6.16. The van der Waals surface area contributed by atoms with Crippen molar-refractivity contribution in [3.63, 3.8) is 0 Å². The molecule has 0 aliphatic carbocycles. The van der Waals surface area contributed by atoms with E-state index in [-0.39, 0.29) is 6.10 Å². The van der Waals surface area contributed by atoms with Crippen LogP contribution in [-0.4, -0.2) is 22.9 Å². The Kier molecular flexibility index (Phi) is 5.57. The molecule has 0 bridgehead atoms. The number of nitrogens with one attached hydrogen (secondary N) is 1. The van der Waals surface area contributed by atoms with Gasteiger partial charge in [0.15, 0.2) is 0 Å². The molecule has 0 fully saturated rings. The molecule has 0 saturated heterocycles. The van der Waals surface area contributed by atoms with Gasteiger partial charge < -0.3 is 9.84 Å². The quantitative estimate of drug-likeness (QED) is 0.884. The van der Waals surface area contributed by atoms with E-state index in [0.29, 0.717) is 0 Å². The lowest BCUT2D eigenvalue weighted by Gasteiger charge is -2.20. The number of carbonyl (C=O) groups excluding carboxylic acids is 1. The van der Waals surface area contributed by atoms with Crippen LogP contribution >= 0.6 is 0 Å². The van der Waals surface area contributed by atoms with Gasteiger partial charge in [-0.15, -0.1) is 0 Å². The van der Waals surface area contributed by atoms with Crippen molar-refractivity contribution in [3.8, 4) is 0 Å². The number of aryl methyl sites for hydroxylation is 2. The molecule has 0 radical (unpaired) electrons. The predicted molar refractivity (Wildman–Crippen MR) is 81.0 cm³/mol. The van der Waals surface area contributed by atoms with Crippen LogP contribution in [-0.2, 0) is 11.2 Å². The lowest BCUT2D eigenvalue weighted by molar-refractivity contribution is 0.0636. The first kappa shape index (κ1) is 16.5. The molecular formula is C16H25NO3. The van der Waals surface area contributed by atoms with Gasteiger partial charge in [0.1, 0.15) is 5.60 Å². The molecule has 4 heteroatoms. The SMILES string of the molecule is Cc1cc(CC[C@@H](C)O)ccc1NC(=O)OC(C)(C)C. The summed E-state index contributed by atoms with van der Waals surface area (Å²) in [7, 11) is 0. The number of hydrogen-bond donors (Lipinski definition) is 2. The standard InChI is InChI=1S/C16H25NO3/c1-11-10-13(7-6-12(2)18)8-9-14(11)17-15(19)20-16(3,4)5/h8-10,12,18H,6-7H2,1-5H3,(H,17,19)/t12-/m1/s1. The summed E-state index contributed by atoms with van der Waals surface area (Å²) in [5.74, 6) is 0. The van der Waals surface area contributed by atoms with Crippen molar-refractivity contribution in [3.05, 3.63) is 29.3 Å². The molecule has 1 atom stereocenters. The van der Waals surface area contributed by atoms with Crippen molar-refractivity contribution in [2.24, 2.45) is 0 Å². The maximum atomic E-state index is 11.7. The molecule has 2 N–H and O–H groups in total. The molecule has 112 valence electrons. The molecule has 20 heavy (non-hydrogen) atoms. The minimum Gasteiger partial charge on any atom is -0.444 e. The Bertz CT molecular complexity index is 461. The van der Waals surface area contributed by atoms with E-state index >= 15 is 0 Å². The summed E-state index contributed by atoms with van der Waals surface area (Å²) >= 11 is 0. The monoisotopic (exact) mass is 279 g/mol. The number of amides is 1. The van der Waals surface area contributed by atoms with Crippen molar-refractivity contribution >= 4 is 11.8 Å². The molecule has 0 saturated carbocycles. The first-order valence-corrected chi connectivity index (χ1v) is 6.95. The summed E-state index contributed by atoms with van der Waals surface area (Å²) in [6, 6.07) is 5.85. The number of benzene rings is 1. The van der Waals surface area contributed by atoms with Gasteiger partial charge in [-0.1, -0.05) is 12.1 Å². The number of anilines is 1. The zero-order valence-corrected chi connectivity index (χ0v) is 13.0. The number of carbonyl (C=O) groups is 1. The molecule has 1 rings (SSSR count). The van der Waals surface area contributed by atoms with Crippen molar-refractivity contribution in [1.82, 2.24) is 0 Å². The van der Waals surface area contributed by atoms with E-state index in [2.05, 4.69) is 5.32 Å². The van der Waals surface area contributed by atoms with Crippen LogP contribution in [0.2, 0.25) is 0 Å². The fourth-order valence-corrected chi connectivity index (χ4v) is 1.81. The zero-order chi connectivity index (χ0) is 15.3. The van der Waals surface area contributed by atoms with Crippen LogP contribution in [0, 0.1) is 6.92 Å². The summed E-state index contributed by atoms with van der Waals surface area (Å²) in [5.41, 5.74) is 2.38. The topological polar surface area (TPSA) is 58.6 Å². The maximum Gasteiger partial charge on any atom is 0.412 e. The lowest BCUT2D eigenvalue weighted by atomic mass is 10.0. The smallest absolute Gasteiger partial charge is 0.412 e.